The Balaban J connectivity index is 1.98. The van der Waals surface area contributed by atoms with Crippen LogP contribution < -0.4 is 4.74 Å². The summed E-state index contributed by atoms with van der Waals surface area (Å²) >= 11 is 4.60. The number of benzene rings is 2. The molecule has 0 spiro atoms. The van der Waals surface area contributed by atoms with Crippen LogP contribution in [0.25, 0.3) is 22.3 Å². The summed E-state index contributed by atoms with van der Waals surface area (Å²) in [5, 5.41) is 10.6. The maximum atomic E-state index is 11.3. The van der Waals surface area contributed by atoms with Crippen LogP contribution in [0.2, 0.25) is 0 Å². The van der Waals surface area contributed by atoms with Crippen molar-refractivity contribution in [3.63, 3.8) is 0 Å². The van der Waals surface area contributed by atoms with Gasteiger partial charge in [0.25, 0.3) is 0 Å². The van der Waals surface area contributed by atoms with Crippen LogP contribution in [0, 0.1) is 0 Å². The van der Waals surface area contributed by atoms with Gasteiger partial charge in [0, 0.05) is 17.4 Å². The second kappa shape index (κ2) is 7.11. The summed E-state index contributed by atoms with van der Waals surface area (Å²) in [6, 6.07) is 10.7. The highest BCUT2D eigenvalue weighted by molar-refractivity contribution is 7.80. The smallest absolute Gasteiger partial charge is 0.305 e. The fourth-order valence-corrected chi connectivity index (χ4v) is 3.00. The predicted octanol–water partition coefficient (Wildman–Crippen LogP) is 4.21. The molecule has 0 bridgehead atoms. The number of furan rings is 1. The molecule has 0 aliphatic rings. The van der Waals surface area contributed by atoms with Crippen LogP contribution in [0.1, 0.15) is 12.0 Å². The zero-order chi connectivity index (χ0) is 18.0. The minimum Gasteiger partial charge on any atom is -0.504 e. The molecule has 3 rings (SSSR count). The maximum absolute atomic E-state index is 11.3. The highest BCUT2D eigenvalue weighted by Gasteiger charge is 2.16. The van der Waals surface area contributed by atoms with Gasteiger partial charge in [-0.15, -0.1) is 12.6 Å². The molecule has 0 unspecified atom stereocenters. The van der Waals surface area contributed by atoms with Gasteiger partial charge < -0.3 is 19.0 Å². The van der Waals surface area contributed by atoms with Crippen LogP contribution in [-0.2, 0) is 16.0 Å². The Morgan fingerprint density at radius 3 is 2.72 bits per heavy atom. The summed E-state index contributed by atoms with van der Waals surface area (Å²) in [4.78, 5) is 12.0. The van der Waals surface area contributed by atoms with Crippen molar-refractivity contribution < 1.29 is 23.8 Å². The van der Waals surface area contributed by atoms with E-state index in [-0.39, 0.29) is 11.7 Å². The zero-order valence-corrected chi connectivity index (χ0v) is 14.8. The third-order valence-corrected chi connectivity index (χ3v) is 4.46. The Morgan fingerprint density at radius 1 is 1.20 bits per heavy atom. The van der Waals surface area contributed by atoms with Crippen LogP contribution in [0.15, 0.2) is 45.7 Å². The average Bonchev–Trinajstić information content (AvgIpc) is 2.96. The summed E-state index contributed by atoms with van der Waals surface area (Å²) in [5.74, 6) is 0.787. The van der Waals surface area contributed by atoms with Gasteiger partial charge in [-0.05, 0) is 42.3 Å². The summed E-state index contributed by atoms with van der Waals surface area (Å²) in [7, 11) is 2.87. The minimum absolute atomic E-state index is 0.0631. The number of fused-ring (bicyclic) bond motifs is 1. The largest absolute Gasteiger partial charge is 0.504 e. The molecule has 0 radical (unpaired) electrons. The zero-order valence-electron chi connectivity index (χ0n) is 13.9. The highest BCUT2D eigenvalue weighted by atomic mass is 32.1. The van der Waals surface area contributed by atoms with Gasteiger partial charge >= 0.3 is 5.97 Å². The number of carbonyl (C=O) groups excluding carboxylic acids is 1. The number of aromatic hydroxyl groups is 1. The van der Waals surface area contributed by atoms with E-state index in [0.29, 0.717) is 34.8 Å². The van der Waals surface area contributed by atoms with E-state index >= 15 is 0 Å². The second-order valence-corrected chi connectivity index (χ2v) is 6.02. The number of esters is 1. The average molecular weight is 358 g/mol. The Hall–Kier alpha value is -2.60. The number of hydrogen-bond donors (Lipinski definition) is 2. The topological polar surface area (TPSA) is 68.9 Å². The number of carbonyl (C=O) groups is 1. The molecule has 6 heteroatoms. The third-order valence-electron chi connectivity index (χ3n) is 4.01. The van der Waals surface area contributed by atoms with E-state index in [1.165, 1.54) is 14.2 Å². The van der Waals surface area contributed by atoms with Crippen molar-refractivity contribution in [1.82, 2.24) is 0 Å². The lowest BCUT2D eigenvalue weighted by atomic mass is 10.1. The van der Waals surface area contributed by atoms with Crippen molar-refractivity contribution in [2.45, 2.75) is 17.7 Å². The number of phenols is 1. The quantitative estimate of drug-likeness (QED) is 0.528. The fourth-order valence-electron chi connectivity index (χ4n) is 2.65. The monoisotopic (exact) mass is 358 g/mol. The number of rotatable bonds is 5. The first-order chi connectivity index (χ1) is 12.0. The number of phenolic OH excluding ortho intramolecular Hbond substituents is 1. The van der Waals surface area contributed by atoms with E-state index in [0.717, 1.165) is 16.5 Å². The van der Waals surface area contributed by atoms with Crippen LogP contribution in [0.5, 0.6) is 11.5 Å². The lowest BCUT2D eigenvalue weighted by molar-refractivity contribution is -0.140. The molecular weight excluding hydrogens is 340 g/mol. The Labute approximate surface area is 150 Å². The second-order valence-electron chi connectivity index (χ2n) is 5.57. The molecule has 130 valence electrons. The number of hydrogen-bond acceptors (Lipinski definition) is 6. The summed E-state index contributed by atoms with van der Waals surface area (Å²) in [6.07, 6.45) is 0.910. The van der Waals surface area contributed by atoms with E-state index in [1.807, 2.05) is 18.2 Å². The number of thiol groups is 1. The van der Waals surface area contributed by atoms with Crippen LogP contribution in [-0.4, -0.2) is 25.3 Å². The molecule has 0 aliphatic carbocycles. The van der Waals surface area contributed by atoms with Gasteiger partial charge in [0.05, 0.1) is 19.1 Å². The normalized spacial score (nSPS) is 10.8. The first-order valence-corrected chi connectivity index (χ1v) is 8.16. The van der Waals surface area contributed by atoms with Gasteiger partial charge in [0.2, 0.25) is 0 Å². The molecule has 0 aliphatic heterocycles. The standard InChI is InChI=1S/C19H18O5S/c1-22-16-10-12(5-6-14(16)20)18-19(25)13-9-11(3-7-15(13)24-18)4-8-17(21)23-2/h3,5-7,9-10,20,25H,4,8H2,1-2H3. The summed E-state index contributed by atoms with van der Waals surface area (Å²) < 4.78 is 15.7. The fraction of sp³-hybridized carbons (Fsp3) is 0.211. The van der Waals surface area contributed by atoms with Gasteiger partial charge in [0.1, 0.15) is 11.3 Å². The highest BCUT2D eigenvalue weighted by Crippen LogP contribution is 2.39. The molecule has 3 aromatic rings. The van der Waals surface area contributed by atoms with Gasteiger partial charge in [-0.25, -0.2) is 0 Å². The third kappa shape index (κ3) is 3.44. The summed E-state index contributed by atoms with van der Waals surface area (Å²) in [5.41, 5.74) is 2.46. The molecule has 1 N–H and O–H groups in total. The molecule has 0 amide bonds. The molecule has 0 atom stereocenters. The lowest BCUT2D eigenvalue weighted by Gasteiger charge is -2.05. The molecular formula is C19H18O5S. The first-order valence-electron chi connectivity index (χ1n) is 7.72. The van der Waals surface area contributed by atoms with Crippen molar-refractivity contribution in [1.29, 1.82) is 0 Å². The Morgan fingerprint density at radius 2 is 2.00 bits per heavy atom. The van der Waals surface area contributed by atoms with E-state index in [4.69, 9.17) is 9.15 Å². The molecule has 0 fully saturated rings. The predicted molar refractivity (Wildman–Crippen MR) is 97.5 cm³/mol. The molecule has 1 heterocycles. The SMILES string of the molecule is COC(=O)CCc1ccc2oc(-c3ccc(O)c(OC)c3)c(S)c2c1. The van der Waals surface area contributed by atoms with Gasteiger partial charge in [-0.1, -0.05) is 6.07 Å². The van der Waals surface area contributed by atoms with Crippen molar-refractivity contribution in [2.24, 2.45) is 0 Å². The molecule has 25 heavy (non-hydrogen) atoms. The molecule has 0 saturated carbocycles. The number of ether oxygens (including phenoxy) is 2. The van der Waals surface area contributed by atoms with E-state index in [1.54, 1.807) is 18.2 Å². The van der Waals surface area contributed by atoms with Gasteiger partial charge in [-0.2, -0.15) is 0 Å². The van der Waals surface area contributed by atoms with Crippen LogP contribution in [0.3, 0.4) is 0 Å². The van der Waals surface area contributed by atoms with Crippen LogP contribution >= 0.6 is 12.6 Å². The Bertz CT molecular complexity index is 929. The number of methoxy groups -OCH3 is 2. The van der Waals surface area contributed by atoms with E-state index < -0.39 is 0 Å². The van der Waals surface area contributed by atoms with Gasteiger partial charge in [-0.3, -0.25) is 4.79 Å². The van der Waals surface area contributed by atoms with Crippen molar-refractivity contribution in [2.75, 3.05) is 14.2 Å². The van der Waals surface area contributed by atoms with E-state index in [2.05, 4.69) is 17.4 Å². The molecule has 0 saturated heterocycles. The van der Waals surface area contributed by atoms with Crippen molar-refractivity contribution in [3.8, 4) is 22.8 Å². The van der Waals surface area contributed by atoms with E-state index in [9.17, 15) is 9.90 Å². The molecule has 5 nitrogen and oxygen atoms in total. The molecule has 1 aromatic heterocycles. The lowest BCUT2D eigenvalue weighted by Crippen LogP contribution is -2.01. The van der Waals surface area contributed by atoms with Crippen molar-refractivity contribution in [3.05, 3.63) is 42.0 Å². The first kappa shape index (κ1) is 17.2. The maximum Gasteiger partial charge on any atom is 0.305 e. The minimum atomic E-state index is -0.240. The number of aryl methyl sites for hydroxylation is 1. The molecule has 2 aromatic carbocycles. The van der Waals surface area contributed by atoms with Crippen LogP contribution in [0.4, 0.5) is 0 Å². The Kier molecular flexibility index (Phi) is 4.90. The summed E-state index contributed by atoms with van der Waals surface area (Å²) in [6.45, 7) is 0. The van der Waals surface area contributed by atoms with Gasteiger partial charge in [0.15, 0.2) is 11.5 Å². The van der Waals surface area contributed by atoms with Crippen molar-refractivity contribution >= 4 is 29.6 Å².